The number of guanidine groups is 1. The van der Waals surface area contributed by atoms with Crippen LogP contribution in [-0.2, 0) is 11.0 Å². The summed E-state index contributed by atoms with van der Waals surface area (Å²) in [6.07, 6.45) is -3.54. The number of carboxylic acid groups (broad SMARTS) is 1. The van der Waals surface area contributed by atoms with Crippen LogP contribution in [0.25, 0.3) is 0 Å². The first-order chi connectivity index (χ1) is 19.5. The normalized spacial score (nSPS) is 19.1. The van der Waals surface area contributed by atoms with E-state index in [0.717, 1.165) is 23.5 Å². The number of aliphatic carboxylic acids is 1. The van der Waals surface area contributed by atoms with E-state index < -0.39 is 35.3 Å². The Kier molecular flexibility index (Phi) is 7.68. The number of carbonyl (C=O) groups is 1. The predicted molar refractivity (Wildman–Crippen MR) is 146 cm³/mol. The van der Waals surface area contributed by atoms with Crippen molar-refractivity contribution in [1.29, 1.82) is 0 Å². The third-order valence-electron chi connectivity index (χ3n) is 7.14. The molecule has 2 aliphatic rings. The number of carboxylic acids is 1. The molecule has 41 heavy (non-hydrogen) atoms. The highest BCUT2D eigenvalue weighted by atomic mass is 32.1. The average Bonchev–Trinajstić information content (AvgIpc) is 3.32. The molecule has 5 rings (SSSR count). The molecule has 1 N–H and O–H groups in total. The second kappa shape index (κ2) is 11.1. The first-order valence-corrected chi connectivity index (χ1v) is 13.5. The maximum Gasteiger partial charge on any atom is 0.416 e. The number of fused-ring (bicyclic) bond motifs is 1. The van der Waals surface area contributed by atoms with Gasteiger partial charge in [-0.25, -0.2) is 9.98 Å². The number of hydrogen-bond acceptors (Lipinski definition) is 9. The average molecular weight is 594 g/mol. The topological polar surface area (TPSA) is 90.7 Å². The molecular formula is C27H27F4N5O4S. The highest BCUT2D eigenvalue weighted by Gasteiger charge is 2.41. The van der Waals surface area contributed by atoms with Gasteiger partial charge in [0.1, 0.15) is 23.0 Å². The van der Waals surface area contributed by atoms with E-state index in [-0.39, 0.29) is 34.7 Å². The van der Waals surface area contributed by atoms with Crippen LogP contribution in [0.1, 0.15) is 30.5 Å². The summed E-state index contributed by atoms with van der Waals surface area (Å²) in [7, 11) is 2.88. The number of piperazine rings is 1. The van der Waals surface area contributed by atoms with Gasteiger partial charge in [0.05, 0.1) is 37.9 Å². The third kappa shape index (κ3) is 5.47. The number of alkyl halides is 3. The number of ether oxygens (including phenoxy) is 2. The Morgan fingerprint density at radius 1 is 1.17 bits per heavy atom. The zero-order chi connectivity index (χ0) is 29.5. The summed E-state index contributed by atoms with van der Waals surface area (Å²) in [5.41, 5.74) is -0.686. The molecule has 3 aromatic rings. The molecule has 0 aliphatic carbocycles. The number of benzene rings is 1. The minimum Gasteiger partial charge on any atom is -0.497 e. The summed E-state index contributed by atoms with van der Waals surface area (Å²) in [5, 5.41) is 10.7. The number of aromatic nitrogens is 1. The molecule has 0 bridgehead atoms. The van der Waals surface area contributed by atoms with Gasteiger partial charge >= 0.3 is 12.1 Å². The van der Waals surface area contributed by atoms with Gasteiger partial charge in [-0.2, -0.15) is 17.6 Å². The van der Waals surface area contributed by atoms with Crippen LogP contribution in [0.4, 0.5) is 34.8 Å². The van der Waals surface area contributed by atoms with Crippen molar-refractivity contribution in [3.63, 3.8) is 0 Å². The maximum atomic E-state index is 14.9. The lowest BCUT2D eigenvalue weighted by Crippen LogP contribution is -2.58. The van der Waals surface area contributed by atoms with Crippen molar-refractivity contribution in [3.8, 4) is 11.5 Å². The fraction of sp³-hybridized carbons (Fsp3) is 0.370. The predicted octanol–water partition coefficient (Wildman–Crippen LogP) is 5.55. The molecule has 0 spiro atoms. The van der Waals surface area contributed by atoms with E-state index in [1.54, 1.807) is 25.4 Å². The van der Waals surface area contributed by atoms with Crippen molar-refractivity contribution in [2.45, 2.75) is 31.6 Å². The van der Waals surface area contributed by atoms with Crippen molar-refractivity contribution < 1.29 is 36.9 Å². The Hall–Kier alpha value is -4.07. The number of rotatable bonds is 6. The largest absolute Gasteiger partial charge is 0.497 e. The summed E-state index contributed by atoms with van der Waals surface area (Å²) >= 11 is 0.765. The Morgan fingerprint density at radius 3 is 2.61 bits per heavy atom. The van der Waals surface area contributed by atoms with Crippen LogP contribution in [0.3, 0.4) is 0 Å². The van der Waals surface area contributed by atoms with Crippen LogP contribution in [0.5, 0.6) is 11.5 Å². The van der Waals surface area contributed by atoms with Gasteiger partial charge in [-0.3, -0.25) is 4.79 Å². The van der Waals surface area contributed by atoms with Gasteiger partial charge < -0.3 is 29.3 Å². The van der Waals surface area contributed by atoms with Crippen molar-refractivity contribution >= 4 is 40.5 Å². The number of pyridine rings is 1. The van der Waals surface area contributed by atoms with E-state index in [0.29, 0.717) is 31.2 Å². The van der Waals surface area contributed by atoms with E-state index in [4.69, 9.17) is 9.47 Å². The Bertz CT molecular complexity index is 1480. The molecule has 0 saturated carbocycles. The Labute approximate surface area is 237 Å². The molecule has 4 heterocycles. The van der Waals surface area contributed by atoms with Gasteiger partial charge in [-0.05, 0) is 31.2 Å². The zero-order valence-electron chi connectivity index (χ0n) is 22.4. The van der Waals surface area contributed by atoms with Gasteiger partial charge in [-0.1, -0.05) is 0 Å². The maximum absolute atomic E-state index is 14.9. The van der Waals surface area contributed by atoms with Crippen LogP contribution in [0.2, 0.25) is 0 Å². The number of nitrogens with zero attached hydrogens (tertiary/aromatic N) is 5. The van der Waals surface area contributed by atoms with E-state index >= 15 is 0 Å². The SMILES string of the molecule is COc1ccnc(N2CCN(C3=Nc4c(csc4F)C(CC(=O)O)N3c3cc(C(F)(F)F)ccc3OC)CC2C)c1. The lowest BCUT2D eigenvalue weighted by atomic mass is 10.00. The van der Waals surface area contributed by atoms with Crippen molar-refractivity contribution in [2.24, 2.45) is 4.99 Å². The minimum atomic E-state index is -4.67. The van der Waals surface area contributed by atoms with Gasteiger partial charge in [0.15, 0.2) is 0 Å². The van der Waals surface area contributed by atoms with Crippen molar-refractivity contribution in [1.82, 2.24) is 9.88 Å². The molecule has 14 heteroatoms. The monoisotopic (exact) mass is 593 g/mol. The summed E-state index contributed by atoms with van der Waals surface area (Å²) < 4.78 is 67.1. The number of methoxy groups -OCH3 is 2. The standard InChI is InChI=1S/C27H27F4N5O4S/c1-15-13-34(8-9-35(15)22-11-17(39-2)6-7-32-22)26-33-24-18(14-41-25(24)28)19(12-23(37)38)36(26)20-10-16(27(29,30)31)4-5-21(20)40-3/h4-7,10-11,14-15,19H,8-9,12-13H2,1-3H3,(H,37,38). The second-order valence-corrected chi connectivity index (χ2v) is 10.5. The van der Waals surface area contributed by atoms with Crippen LogP contribution in [-0.4, -0.2) is 66.8 Å². The molecule has 1 fully saturated rings. The van der Waals surface area contributed by atoms with Crippen LogP contribution in [0.15, 0.2) is 46.9 Å². The first kappa shape index (κ1) is 28.5. The van der Waals surface area contributed by atoms with Crippen LogP contribution >= 0.6 is 11.3 Å². The molecule has 1 saturated heterocycles. The number of hydrogen-bond donors (Lipinski definition) is 1. The zero-order valence-corrected chi connectivity index (χ0v) is 23.2. The molecule has 218 valence electrons. The van der Waals surface area contributed by atoms with E-state index in [1.807, 2.05) is 11.8 Å². The Balaban J connectivity index is 1.60. The van der Waals surface area contributed by atoms with E-state index in [9.17, 15) is 27.5 Å². The summed E-state index contributed by atoms with van der Waals surface area (Å²) in [5.74, 6) is 0.359. The molecule has 2 unspecified atom stereocenters. The van der Waals surface area contributed by atoms with Crippen LogP contribution < -0.4 is 19.3 Å². The molecule has 0 radical (unpaired) electrons. The molecule has 2 aromatic heterocycles. The Morgan fingerprint density at radius 2 is 1.95 bits per heavy atom. The van der Waals surface area contributed by atoms with E-state index in [1.165, 1.54) is 23.5 Å². The number of anilines is 2. The molecular weight excluding hydrogens is 566 g/mol. The first-order valence-electron chi connectivity index (χ1n) is 12.6. The quantitative estimate of drug-likeness (QED) is 0.372. The minimum absolute atomic E-state index is 0.0111. The smallest absolute Gasteiger partial charge is 0.416 e. The second-order valence-electron chi connectivity index (χ2n) is 9.64. The van der Waals surface area contributed by atoms with Gasteiger partial charge in [0.2, 0.25) is 11.1 Å². The molecule has 2 atom stereocenters. The van der Waals surface area contributed by atoms with Crippen molar-refractivity contribution in [2.75, 3.05) is 43.7 Å². The van der Waals surface area contributed by atoms with Gasteiger partial charge in [-0.15, -0.1) is 11.3 Å². The molecule has 0 amide bonds. The summed E-state index contributed by atoms with van der Waals surface area (Å²) in [4.78, 5) is 26.4. The van der Waals surface area contributed by atoms with Crippen molar-refractivity contribution in [3.05, 3.63) is 58.2 Å². The van der Waals surface area contributed by atoms with Crippen LogP contribution in [0, 0.1) is 5.13 Å². The number of halogens is 4. The van der Waals surface area contributed by atoms with Gasteiger partial charge in [0.25, 0.3) is 0 Å². The number of thiophene rings is 1. The fourth-order valence-electron chi connectivity index (χ4n) is 5.20. The molecule has 9 nitrogen and oxygen atoms in total. The van der Waals surface area contributed by atoms with Gasteiger partial charge in [0, 0.05) is 48.9 Å². The molecule has 1 aromatic carbocycles. The summed E-state index contributed by atoms with van der Waals surface area (Å²) in [6, 6.07) is 5.34. The third-order valence-corrected chi connectivity index (χ3v) is 7.91. The highest BCUT2D eigenvalue weighted by Crippen LogP contribution is 2.47. The van der Waals surface area contributed by atoms with E-state index in [2.05, 4.69) is 14.9 Å². The lowest BCUT2D eigenvalue weighted by molar-refractivity contribution is -0.138. The highest BCUT2D eigenvalue weighted by molar-refractivity contribution is 7.08. The molecule has 2 aliphatic heterocycles. The fourth-order valence-corrected chi connectivity index (χ4v) is 5.98. The number of aliphatic imine (C=N–C) groups is 1. The summed E-state index contributed by atoms with van der Waals surface area (Å²) in [6.45, 7) is 3.10. The lowest BCUT2D eigenvalue weighted by Gasteiger charge is -2.46.